The Morgan fingerprint density at radius 3 is 2.35 bits per heavy atom. The average Bonchev–Trinajstić information content (AvgIpc) is 3.25. The van der Waals surface area contributed by atoms with Gasteiger partial charge in [-0.2, -0.15) is 0 Å². The number of aromatic hydroxyl groups is 1. The summed E-state index contributed by atoms with van der Waals surface area (Å²) in [6.07, 6.45) is 3.77. The summed E-state index contributed by atoms with van der Waals surface area (Å²) in [5.74, 6) is -0.0221. The van der Waals surface area contributed by atoms with E-state index in [9.17, 15) is 13.5 Å². The lowest BCUT2D eigenvalue weighted by Gasteiger charge is -2.39. The first-order chi connectivity index (χ1) is 19.1. The number of H-pyrrole nitrogens is 1. The smallest absolute Gasteiger partial charge is 0.235 e. The molecule has 5 rings (SSSR count). The van der Waals surface area contributed by atoms with Crippen molar-refractivity contribution in [2.24, 2.45) is 4.99 Å². The van der Waals surface area contributed by atoms with Crippen molar-refractivity contribution < 1.29 is 13.5 Å². The summed E-state index contributed by atoms with van der Waals surface area (Å²) in [6, 6.07) is 24.3. The van der Waals surface area contributed by atoms with E-state index in [2.05, 4.69) is 40.6 Å². The van der Waals surface area contributed by atoms with Gasteiger partial charge < -0.3 is 10.1 Å². The summed E-state index contributed by atoms with van der Waals surface area (Å²) < 4.78 is 27.7. The van der Waals surface area contributed by atoms with Crippen LogP contribution in [0.4, 0.5) is 11.4 Å². The van der Waals surface area contributed by atoms with Crippen LogP contribution in [0.15, 0.2) is 77.8 Å². The number of rotatable bonds is 8. The van der Waals surface area contributed by atoms with Gasteiger partial charge in [-0.3, -0.25) is 9.62 Å². The number of aliphatic imine (C=N–C) groups is 1. The summed E-state index contributed by atoms with van der Waals surface area (Å²) in [5.41, 5.74) is 5.09. The van der Waals surface area contributed by atoms with E-state index in [4.69, 9.17) is 4.99 Å². The Bertz CT molecular complexity index is 1600. The third kappa shape index (κ3) is 5.93. The van der Waals surface area contributed by atoms with Crippen LogP contribution in [-0.4, -0.2) is 46.5 Å². The Labute approximate surface area is 237 Å². The van der Waals surface area contributed by atoms with E-state index < -0.39 is 15.3 Å². The summed E-state index contributed by atoms with van der Waals surface area (Å²) in [6.45, 7) is 8.80. The van der Waals surface area contributed by atoms with Crippen LogP contribution in [0.1, 0.15) is 63.6 Å². The Morgan fingerprint density at radius 2 is 1.70 bits per heavy atom. The minimum Gasteiger partial charge on any atom is -0.494 e. The minimum atomic E-state index is -3.53. The van der Waals surface area contributed by atoms with Gasteiger partial charge in [-0.25, -0.2) is 13.4 Å². The highest BCUT2D eigenvalue weighted by Gasteiger charge is 2.25. The molecule has 0 spiro atoms. The second-order valence-electron chi connectivity index (χ2n) is 11.1. The maximum Gasteiger partial charge on any atom is 0.235 e. The maximum absolute atomic E-state index is 12.5. The number of nitrogens with zero attached hydrogens (tertiary/aromatic N) is 2. The van der Waals surface area contributed by atoms with Gasteiger partial charge in [-0.1, -0.05) is 48.9 Å². The molecule has 4 aromatic rings. The fourth-order valence-electron chi connectivity index (χ4n) is 5.43. The van der Waals surface area contributed by atoms with Crippen LogP contribution >= 0.6 is 0 Å². The highest BCUT2D eigenvalue weighted by Crippen LogP contribution is 2.34. The van der Waals surface area contributed by atoms with Crippen molar-refractivity contribution in [1.82, 2.24) is 9.88 Å². The molecule has 1 aliphatic heterocycles. The molecule has 40 heavy (non-hydrogen) atoms. The van der Waals surface area contributed by atoms with Gasteiger partial charge in [0.15, 0.2) is 5.88 Å². The third-order valence-electron chi connectivity index (χ3n) is 7.86. The molecule has 3 N–H and O–H groups in total. The van der Waals surface area contributed by atoms with Crippen LogP contribution in [0.5, 0.6) is 5.88 Å². The second-order valence-corrected chi connectivity index (χ2v) is 13.3. The zero-order chi connectivity index (χ0) is 28.4. The quantitative estimate of drug-likeness (QED) is 0.204. The highest BCUT2D eigenvalue weighted by atomic mass is 32.2. The number of hydrogen-bond donors (Lipinski definition) is 3. The highest BCUT2D eigenvalue weighted by molar-refractivity contribution is 7.93. The van der Waals surface area contributed by atoms with Crippen LogP contribution in [-0.2, 0) is 16.6 Å². The van der Waals surface area contributed by atoms with Gasteiger partial charge in [-0.15, -0.1) is 0 Å². The lowest BCUT2D eigenvalue weighted by Crippen LogP contribution is -2.42. The topological polar surface area (TPSA) is 97.8 Å². The van der Waals surface area contributed by atoms with E-state index >= 15 is 0 Å². The van der Waals surface area contributed by atoms with Crippen LogP contribution < -0.4 is 4.72 Å². The van der Waals surface area contributed by atoms with Gasteiger partial charge in [0.2, 0.25) is 10.0 Å². The standard InChI is InChI=1S/C32H38N4O3S/c1-21(2)40(38,39)35-27-17-18-29-28(19-27)30(32(37)34-29)31(25-11-6-5-7-12-25)33-26-15-13-24(14-16-26)20-36-22(3)9-8-10-23(36)4/h5-7,11-19,21-23,34-35,37H,8-10,20H2,1-4H3. The zero-order valence-electron chi connectivity index (χ0n) is 23.6. The van der Waals surface area contributed by atoms with E-state index in [-0.39, 0.29) is 5.88 Å². The normalized spacial score (nSPS) is 18.9. The molecule has 1 fully saturated rings. The molecule has 1 aliphatic rings. The first kappa shape index (κ1) is 27.9. The molecule has 0 amide bonds. The lowest BCUT2D eigenvalue weighted by molar-refractivity contribution is 0.0953. The zero-order valence-corrected chi connectivity index (χ0v) is 24.4. The number of likely N-dealkylation sites (tertiary alicyclic amines) is 1. The molecule has 0 aliphatic carbocycles. The third-order valence-corrected chi connectivity index (χ3v) is 9.62. The average molecular weight is 559 g/mol. The Kier molecular flexibility index (Phi) is 8.01. The predicted octanol–water partition coefficient (Wildman–Crippen LogP) is 6.96. The number of nitrogens with one attached hydrogen (secondary N) is 2. The number of anilines is 1. The lowest BCUT2D eigenvalue weighted by atomic mass is 9.96. The van der Waals surface area contributed by atoms with Crippen molar-refractivity contribution in [3.8, 4) is 5.88 Å². The predicted molar refractivity (Wildman–Crippen MR) is 164 cm³/mol. The van der Waals surface area contributed by atoms with Crippen molar-refractivity contribution in [2.75, 3.05) is 4.72 Å². The molecule has 8 heteroatoms. The molecule has 2 unspecified atom stereocenters. The summed E-state index contributed by atoms with van der Waals surface area (Å²) in [4.78, 5) is 10.6. The molecule has 1 aromatic heterocycles. The van der Waals surface area contributed by atoms with E-state index in [1.54, 1.807) is 32.0 Å². The van der Waals surface area contributed by atoms with Crippen LogP contribution in [0.2, 0.25) is 0 Å². The van der Waals surface area contributed by atoms with Crippen LogP contribution in [0.3, 0.4) is 0 Å². The molecule has 210 valence electrons. The van der Waals surface area contributed by atoms with E-state index in [0.29, 0.717) is 39.9 Å². The van der Waals surface area contributed by atoms with Gasteiger partial charge in [0, 0.05) is 40.8 Å². The monoisotopic (exact) mass is 558 g/mol. The largest absolute Gasteiger partial charge is 0.494 e. The summed E-state index contributed by atoms with van der Waals surface area (Å²) in [5, 5.41) is 11.2. The van der Waals surface area contributed by atoms with Gasteiger partial charge in [0.05, 0.1) is 22.2 Å². The summed E-state index contributed by atoms with van der Waals surface area (Å²) >= 11 is 0. The maximum atomic E-state index is 12.5. The Hall–Kier alpha value is -3.62. The van der Waals surface area contributed by atoms with Crippen molar-refractivity contribution >= 4 is 38.0 Å². The van der Waals surface area contributed by atoms with E-state index in [1.165, 1.54) is 24.8 Å². The fraction of sp³-hybridized carbons (Fsp3) is 0.344. The van der Waals surface area contributed by atoms with Crippen LogP contribution in [0, 0.1) is 0 Å². The fourth-order valence-corrected chi connectivity index (χ4v) is 6.12. The van der Waals surface area contributed by atoms with Gasteiger partial charge >= 0.3 is 0 Å². The molecule has 1 saturated heterocycles. The van der Waals surface area contributed by atoms with Gasteiger partial charge in [0.25, 0.3) is 0 Å². The minimum absolute atomic E-state index is 0.0221. The van der Waals surface area contributed by atoms with E-state index in [0.717, 1.165) is 17.8 Å². The number of benzene rings is 3. The molecular weight excluding hydrogens is 520 g/mol. The number of sulfonamides is 1. The first-order valence-electron chi connectivity index (χ1n) is 14.0. The van der Waals surface area contributed by atoms with Crippen molar-refractivity contribution in [3.05, 3.63) is 89.5 Å². The first-order valence-corrected chi connectivity index (χ1v) is 15.5. The number of aromatic amines is 1. The molecule has 2 atom stereocenters. The number of fused-ring (bicyclic) bond motifs is 1. The van der Waals surface area contributed by atoms with Crippen molar-refractivity contribution in [2.45, 2.75) is 70.8 Å². The van der Waals surface area contributed by atoms with Crippen LogP contribution in [0.25, 0.3) is 10.9 Å². The van der Waals surface area contributed by atoms with Crippen molar-refractivity contribution in [3.63, 3.8) is 0 Å². The number of hydrogen-bond acceptors (Lipinski definition) is 5. The molecule has 7 nitrogen and oxygen atoms in total. The molecule has 0 saturated carbocycles. The molecule has 2 heterocycles. The number of piperidine rings is 1. The Balaban J connectivity index is 1.54. The summed E-state index contributed by atoms with van der Waals surface area (Å²) in [7, 11) is -3.53. The van der Waals surface area contributed by atoms with Crippen molar-refractivity contribution in [1.29, 1.82) is 0 Å². The molecular formula is C32H38N4O3S. The SMILES string of the molecule is CC1CCCC(C)N1Cc1ccc(N=C(c2ccccc2)c2c(O)[nH]c3ccc(NS(=O)(=O)C(C)C)cc23)cc1. The molecule has 0 bridgehead atoms. The number of aromatic nitrogens is 1. The molecule has 0 radical (unpaired) electrons. The van der Waals surface area contributed by atoms with Gasteiger partial charge in [0.1, 0.15) is 0 Å². The van der Waals surface area contributed by atoms with Gasteiger partial charge in [-0.05, 0) is 76.4 Å². The Morgan fingerprint density at radius 1 is 1.02 bits per heavy atom. The second kappa shape index (κ2) is 11.5. The van der Waals surface area contributed by atoms with E-state index in [1.807, 2.05) is 42.5 Å². The molecule has 3 aromatic carbocycles.